The van der Waals surface area contributed by atoms with E-state index in [4.69, 9.17) is 0 Å². The molecular formula is C16H14FN3S. The first-order valence-electron chi connectivity index (χ1n) is 6.51. The highest BCUT2D eigenvalue weighted by molar-refractivity contribution is 7.98. The van der Waals surface area contributed by atoms with Gasteiger partial charge in [0.25, 0.3) is 0 Å². The van der Waals surface area contributed by atoms with Gasteiger partial charge >= 0.3 is 0 Å². The summed E-state index contributed by atoms with van der Waals surface area (Å²) in [7, 11) is 1.77. The molecule has 0 aliphatic heterocycles. The molecule has 0 spiro atoms. The third-order valence-electron chi connectivity index (χ3n) is 3.24. The minimum absolute atomic E-state index is 0.292. The summed E-state index contributed by atoms with van der Waals surface area (Å²) in [6.07, 6.45) is 2.04. The maximum absolute atomic E-state index is 13.4. The number of rotatable bonds is 3. The molecule has 0 saturated heterocycles. The number of halogens is 1. The highest BCUT2D eigenvalue weighted by atomic mass is 32.2. The Balaban J connectivity index is 2.16. The van der Waals surface area contributed by atoms with Crippen molar-refractivity contribution in [2.45, 2.75) is 4.90 Å². The smallest absolute Gasteiger partial charge is 0.162 e. The van der Waals surface area contributed by atoms with E-state index < -0.39 is 0 Å². The minimum Gasteiger partial charge on any atom is -0.373 e. The quantitative estimate of drug-likeness (QED) is 0.736. The maximum atomic E-state index is 13.4. The molecule has 2 aromatic carbocycles. The standard InChI is InChI=1S/C16H14FN3S/c1-18-16-13-9-11(17)5-8-14(13)19-15(20-16)10-3-6-12(21-2)7-4-10/h3-9H,1-2H3,(H,18,19,20). The fourth-order valence-electron chi connectivity index (χ4n) is 2.16. The fourth-order valence-corrected chi connectivity index (χ4v) is 2.57. The van der Waals surface area contributed by atoms with Crippen LogP contribution in [-0.2, 0) is 0 Å². The molecule has 0 saturated carbocycles. The molecule has 0 radical (unpaired) electrons. The topological polar surface area (TPSA) is 37.8 Å². The molecule has 1 heterocycles. The van der Waals surface area contributed by atoms with Gasteiger partial charge in [0, 0.05) is 22.9 Å². The first kappa shape index (κ1) is 13.8. The summed E-state index contributed by atoms with van der Waals surface area (Å²) in [4.78, 5) is 10.2. The van der Waals surface area contributed by atoms with E-state index in [0.29, 0.717) is 17.0 Å². The predicted octanol–water partition coefficient (Wildman–Crippen LogP) is 4.20. The van der Waals surface area contributed by atoms with E-state index in [9.17, 15) is 4.39 Å². The van der Waals surface area contributed by atoms with E-state index in [1.807, 2.05) is 30.5 Å². The van der Waals surface area contributed by atoms with Crippen molar-refractivity contribution < 1.29 is 4.39 Å². The number of nitrogens with one attached hydrogen (secondary N) is 1. The molecular weight excluding hydrogens is 285 g/mol. The van der Waals surface area contributed by atoms with Crippen molar-refractivity contribution in [3.05, 3.63) is 48.3 Å². The second-order valence-corrected chi connectivity index (χ2v) is 5.42. The monoisotopic (exact) mass is 299 g/mol. The average molecular weight is 299 g/mol. The molecule has 21 heavy (non-hydrogen) atoms. The van der Waals surface area contributed by atoms with E-state index in [0.717, 1.165) is 11.1 Å². The highest BCUT2D eigenvalue weighted by Crippen LogP contribution is 2.26. The predicted molar refractivity (Wildman–Crippen MR) is 86.3 cm³/mol. The van der Waals surface area contributed by atoms with Gasteiger partial charge in [0.15, 0.2) is 5.82 Å². The Morgan fingerprint density at radius 1 is 1.05 bits per heavy atom. The Kier molecular flexibility index (Phi) is 3.75. The molecule has 1 aromatic heterocycles. The number of aromatic nitrogens is 2. The largest absolute Gasteiger partial charge is 0.373 e. The molecule has 0 atom stereocenters. The molecule has 0 unspecified atom stereocenters. The Morgan fingerprint density at radius 3 is 2.48 bits per heavy atom. The van der Waals surface area contributed by atoms with E-state index in [1.165, 1.54) is 17.0 Å². The molecule has 5 heteroatoms. The number of hydrogen-bond donors (Lipinski definition) is 1. The second-order valence-electron chi connectivity index (χ2n) is 4.54. The second kappa shape index (κ2) is 5.69. The lowest BCUT2D eigenvalue weighted by atomic mass is 10.2. The van der Waals surface area contributed by atoms with Crippen molar-refractivity contribution in [1.82, 2.24) is 9.97 Å². The van der Waals surface area contributed by atoms with Gasteiger partial charge in [-0.15, -0.1) is 11.8 Å². The number of nitrogens with zero attached hydrogens (tertiary/aromatic N) is 2. The molecule has 3 aromatic rings. The van der Waals surface area contributed by atoms with E-state index >= 15 is 0 Å². The number of anilines is 1. The van der Waals surface area contributed by atoms with Gasteiger partial charge in [0.05, 0.1) is 5.52 Å². The van der Waals surface area contributed by atoms with Gasteiger partial charge in [0.1, 0.15) is 11.6 Å². The lowest BCUT2D eigenvalue weighted by Gasteiger charge is -2.08. The van der Waals surface area contributed by atoms with Crippen molar-refractivity contribution in [3.63, 3.8) is 0 Å². The van der Waals surface area contributed by atoms with Crippen molar-refractivity contribution in [3.8, 4) is 11.4 Å². The van der Waals surface area contributed by atoms with Crippen LogP contribution in [0.2, 0.25) is 0 Å². The first-order chi connectivity index (χ1) is 10.2. The number of fused-ring (bicyclic) bond motifs is 1. The summed E-state index contributed by atoms with van der Waals surface area (Å²) in [6.45, 7) is 0. The van der Waals surface area contributed by atoms with Crippen molar-refractivity contribution in [2.75, 3.05) is 18.6 Å². The Bertz CT molecular complexity index is 787. The van der Waals surface area contributed by atoms with Gasteiger partial charge in [-0.1, -0.05) is 12.1 Å². The molecule has 0 aliphatic carbocycles. The summed E-state index contributed by atoms with van der Waals surface area (Å²) in [5.41, 5.74) is 1.66. The van der Waals surface area contributed by atoms with E-state index in [-0.39, 0.29) is 5.82 Å². The Labute approximate surface area is 126 Å². The molecule has 0 amide bonds. The molecule has 0 aliphatic rings. The zero-order valence-corrected chi connectivity index (χ0v) is 12.5. The van der Waals surface area contributed by atoms with Crippen LogP contribution in [-0.4, -0.2) is 23.3 Å². The van der Waals surface area contributed by atoms with Crippen molar-refractivity contribution >= 4 is 28.5 Å². The van der Waals surface area contributed by atoms with Gasteiger partial charge in [-0.25, -0.2) is 14.4 Å². The average Bonchev–Trinajstić information content (AvgIpc) is 2.54. The normalized spacial score (nSPS) is 10.8. The van der Waals surface area contributed by atoms with E-state index in [2.05, 4.69) is 15.3 Å². The summed E-state index contributed by atoms with van der Waals surface area (Å²) in [5, 5.41) is 3.69. The number of benzene rings is 2. The third kappa shape index (κ3) is 2.69. The van der Waals surface area contributed by atoms with Crippen LogP contribution >= 0.6 is 11.8 Å². The minimum atomic E-state index is -0.292. The first-order valence-corrected chi connectivity index (χ1v) is 7.73. The van der Waals surface area contributed by atoms with Crippen LogP contribution in [0, 0.1) is 5.82 Å². The molecule has 3 nitrogen and oxygen atoms in total. The molecule has 0 bridgehead atoms. The fraction of sp³-hybridized carbons (Fsp3) is 0.125. The molecule has 1 N–H and O–H groups in total. The molecule has 106 valence electrons. The van der Waals surface area contributed by atoms with Crippen LogP contribution < -0.4 is 5.32 Å². The van der Waals surface area contributed by atoms with Gasteiger partial charge in [0.2, 0.25) is 0 Å². The van der Waals surface area contributed by atoms with Crippen LogP contribution in [0.5, 0.6) is 0 Å². The van der Waals surface area contributed by atoms with E-state index in [1.54, 1.807) is 24.9 Å². The Hall–Kier alpha value is -2.14. The summed E-state index contributed by atoms with van der Waals surface area (Å²) >= 11 is 1.69. The van der Waals surface area contributed by atoms with Crippen LogP contribution in [0.4, 0.5) is 10.2 Å². The zero-order valence-electron chi connectivity index (χ0n) is 11.7. The Morgan fingerprint density at radius 2 is 1.81 bits per heavy atom. The number of hydrogen-bond acceptors (Lipinski definition) is 4. The summed E-state index contributed by atoms with van der Waals surface area (Å²) < 4.78 is 13.4. The van der Waals surface area contributed by atoms with Gasteiger partial charge in [-0.3, -0.25) is 0 Å². The number of thioether (sulfide) groups is 1. The van der Waals surface area contributed by atoms with Crippen LogP contribution in [0.25, 0.3) is 22.3 Å². The maximum Gasteiger partial charge on any atom is 0.162 e. The zero-order chi connectivity index (χ0) is 14.8. The van der Waals surface area contributed by atoms with Crippen LogP contribution in [0.1, 0.15) is 0 Å². The molecule has 3 rings (SSSR count). The van der Waals surface area contributed by atoms with Gasteiger partial charge < -0.3 is 5.32 Å². The van der Waals surface area contributed by atoms with Gasteiger partial charge in [-0.2, -0.15) is 0 Å². The third-order valence-corrected chi connectivity index (χ3v) is 3.99. The highest BCUT2D eigenvalue weighted by Gasteiger charge is 2.09. The van der Waals surface area contributed by atoms with Crippen LogP contribution in [0.3, 0.4) is 0 Å². The van der Waals surface area contributed by atoms with Crippen LogP contribution in [0.15, 0.2) is 47.4 Å². The summed E-state index contributed by atoms with van der Waals surface area (Å²) in [5.74, 6) is 0.967. The SMILES string of the molecule is CNc1nc(-c2ccc(SC)cc2)nc2ccc(F)cc12. The van der Waals surface area contributed by atoms with Crippen molar-refractivity contribution in [2.24, 2.45) is 0 Å². The molecule has 0 fully saturated rings. The lowest BCUT2D eigenvalue weighted by molar-refractivity contribution is 0.629. The summed E-state index contributed by atoms with van der Waals surface area (Å²) in [6, 6.07) is 12.6. The lowest BCUT2D eigenvalue weighted by Crippen LogP contribution is -1.99. The van der Waals surface area contributed by atoms with Crippen molar-refractivity contribution in [1.29, 1.82) is 0 Å². The van der Waals surface area contributed by atoms with Gasteiger partial charge in [-0.05, 0) is 36.6 Å².